The molecular weight excluding hydrogens is 304 g/mol. The van der Waals surface area contributed by atoms with Crippen LogP contribution in [0.1, 0.15) is 6.42 Å². The first kappa shape index (κ1) is 14.9. The molecule has 3 rings (SSSR count). The number of hydrogen-bond donors (Lipinski definition) is 0. The van der Waals surface area contributed by atoms with Gasteiger partial charge in [-0.3, -0.25) is 19.3 Å². The van der Waals surface area contributed by atoms with Crippen molar-refractivity contribution in [3.63, 3.8) is 0 Å². The summed E-state index contributed by atoms with van der Waals surface area (Å²) in [5.74, 6) is 0.571. The zero-order valence-electron chi connectivity index (χ0n) is 11.9. The quantitative estimate of drug-likeness (QED) is 0.838. The maximum Gasteiger partial charge on any atom is 0.289 e. The fourth-order valence-corrected chi connectivity index (χ4v) is 3.43. The summed E-state index contributed by atoms with van der Waals surface area (Å²) in [7, 11) is 0. The van der Waals surface area contributed by atoms with Gasteiger partial charge in [0.2, 0.25) is 5.91 Å². The van der Waals surface area contributed by atoms with Crippen LogP contribution in [-0.4, -0.2) is 58.3 Å². The third-order valence-electron chi connectivity index (χ3n) is 3.77. The van der Waals surface area contributed by atoms with E-state index in [1.807, 2.05) is 18.2 Å². The predicted octanol–water partition coefficient (Wildman–Crippen LogP) is 1.36. The van der Waals surface area contributed by atoms with Gasteiger partial charge in [-0.05, 0) is 18.6 Å². The molecule has 2 fully saturated rings. The van der Waals surface area contributed by atoms with Gasteiger partial charge in [0.05, 0.1) is 11.8 Å². The van der Waals surface area contributed by atoms with E-state index in [0.29, 0.717) is 25.3 Å². The molecule has 2 aliphatic rings. The molecule has 0 saturated carbocycles. The number of benzene rings is 1. The minimum absolute atomic E-state index is 0.0343. The number of imide groups is 1. The molecule has 0 aliphatic carbocycles. The Labute approximate surface area is 132 Å². The second-order valence-electron chi connectivity index (χ2n) is 5.20. The summed E-state index contributed by atoms with van der Waals surface area (Å²) in [6.45, 7) is 0.909. The lowest BCUT2D eigenvalue weighted by molar-refractivity contribution is -0.133. The standard InChI is InChI=1S/C15H16N2O4S/c18-13(9-21-12-4-2-1-3-5-12)16-7-6-11(8-16)17-14(19)10-22-15(17)20/h1-5,11H,6-10H2/t11-/m0/s1. The second kappa shape index (κ2) is 6.39. The number of likely N-dealkylation sites (tertiary alicyclic amines) is 1. The maximum absolute atomic E-state index is 12.1. The van der Waals surface area contributed by atoms with Crippen molar-refractivity contribution >= 4 is 28.8 Å². The van der Waals surface area contributed by atoms with Gasteiger partial charge >= 0.3 is 0 Å². The van der Waals surface area contributed by atoms with Crippen molar-refractivity contribution in [3.05, 3.63) is 30.3 Å². The number of thioether (sulfide) groups is 1. The molecule has 1 aromatic carbocycles. The van der Waals surface area contributed by atoms with Crippen molar-refractivity contribution in [2.75, 3.05) is 25.4 Å². The summed E-state index contributed by atoms with van der Waals surface area (Å²) in [6, 6.07) is 8.94. The zero-order chi connectivity index (χ0) is 15.5. The smallest absolute Gasteiger partial charge is 0.289 e. The topological polar surface area (TPSA) is 66.9 Å². The van der Waals surface area contributed by atoms with Gasteiger partial charge in [0.25, 0.3) is 11.1 Å². The second-order valence-corrected chi connectivity index (χ2v) is 6.13. The number of rotatable bonds is 4. The Bertz CT molecular complexity index is 576. The summed E-state index contributed by atoms with van der Waals surface area (Å²) in [5, 5.41) is -0.204. The Morgan fingerprint density at radius 2 is 2.05 bits per heavy atom. The van der Waals surface area contributed by atoms with Gasteiger partial charge in [-0.15, -0.1) is 0 Å². The summed E-state index contributed by atoms with van der Waals surface area (Å²) >= 11 is 1.03. The van der Waals surface area contributed by atoms with Crippen LogP contribution in [0.5, 0.6) is 5.75 Å². The third kappa shape index (κ3) is 3.09. The number of hydrogen-bond acceptors (Lipinski definition) is 5. The van der Waals surface area contributed by atoms with Gasteiger partial charge in [0.1, 0.15) is 5.75 Å². The number of para-hydroxylation sites is 1. The molecule has 1 atom stereocenters. The maximum atomic E-state index is 12.1. The fraction of sp³-hybridized carbons (Fsp3) is 0.400. The molecule has 116 valence electrons. The summed E-state index contributed by atoms with van der Waals surface area (Å²) < 4.78 is 5.44. The molecule has 3 amide bonds. The summed E-state index contributed by atoms with van der Waals surface area (Å²) in [4.78, 5) is 38.5. The fourth-order valence-electron chi connectivity index (χ4n) is 2.65. The highest BCUT2D eigenvalue weighted by Crippen LogP contribution is 2.26. The average Bonchev–Trinajstić information content (AvgIpc) is 3.13. The van der Waals surface area contributed by atoms with Crippen LogP contribution in [0.15, 0.2) is 30.3 Å². The zero-order valence-corrected chi connectivity index (χ0v) is 12.8. The van der Waals surface area contributed by atoms with Gasteiger partial charge < -0.3 is 9.64 Å². The molecule has 2 aliphatic heterocycles. The normalized spacial score (nSPS) is 21.5. The van der Waals surface area contributed by atoms with Gasteiger partial charge in [0, 0.05) is 13.1 Å². The van der Waals surface area contributed by atoms with Crippen LogP contribution in [0.3, 0.4) is 0 Å². The highest BCUT2D eigenvalue weighted by Gasteiger charge is 2.40. The Morgan fingerprint density at radius 3 is 2.73 bits per heavy atom. The van der Waals surface area contributed by atoms with Crippen molar-refractivity contribution < 1.29 is 19.1 Å². The van der Waals surface area contributed by atoms with Crippen molar-refractivity contribution in [1.29, 1.82) is 0 Å². The molecular formula is C15H16N2O4S. The molecule has 6 nitrogen and oxygen atoms in total. The highest BCUT2D eigenvalue weighted by molar-refractivity contribution is 8.14. The predicted molar refractivity (Wildman–Crippen MR) is 81.6 cm³/mol. The van der Waals surface area contributed by atoms with E-state index in [1.165, 1.54) is 4.90 Å². The molecule has 2 saturated heterocycles. The van der Waals surface area contributed by atoms with E-state index in [0.717, 1.165) is 11.8 Å². The largest absolute Gasteiger partial charge is 0.484 e. The third-order valence-corrected chi connectivity index (χ3v) is 4.61. The Balaban J connectivity index is 1.53. The van der Waals surface area contributed by atoms with Crippen LogP contribution in [0.25, 0.3) is 0 Å². The minimum atomic E-state index is -0.204. The first-order chi connectivity index (χ1) is 10.6. The van der Waals surface area contributed by atoms with E-state index in [4.69, 9.17) is 4.74 Å². The molecule has 2 heterocycles. The van der Waals surface area contributed by atoms with E-state index in [9.17, 15) is 14.4 Å². The Morgan fingerprint density at radius 1 is 1.27 bits per heavy atom. The lowest BCUT2D eigenvalue weighted by Crippen LogP contribution is -2.42. The molecule has 0 unspecified atom stereocenters. The van der Waals surface area contributed by atoms with E-state index >= 15 is 0 Å². The Hall–Kier alpha value is -2.02. The van der Waals surface area contributed by atoms with E-state index in [1.54, 1.807) is 17.0 Å². The van der Waals surface area contributed by atoms with Crippen LogP contribution in [0.2, 0.25) is 0 Å². The monoisotopic (exact) mass is 320 g/mol. The number of amides is 3. The molecule has 0 N–H and O–H groups in total. The van der Waals surface area contributed by atoms with Crippen molar-refractivity contribution in [1.82, 2.24) is 9.80 Å². The number of nitrogens with zero attached hydrogens (tertiary/aromatic N) is 2. The minimum Gasteiger partial charge on any atom is -0.484 e. The van der Waals surface area contributed by atoms with Gasteiger partial charge in [-0.25, -0.2) is 0 Å². The molecule has 0 bridgehead atoms. The van der Waals surface area contributed by atoms with E-state index in [2.05, 4.69) is 0 Å². The van der Waals surface area contributed by atoms with Crippen LogP contribution < -0.4 is 4.74 Å². The lowest BCUT2D eigenvalue weighted by Gasteiger charge is -2.21. The molecule has 0 spiro atoms. The highest BCUT2D eigenvalue weighted by atomic mass is 32.2. The van der Waals surface area contributed by atoms with Gasteiger partial charge in [-0.1, -0.05) is 30.0 Å². The van der Waals surface area contributed by atoms with Crippen LogP contribution >= 0.6 is 11.8 Å². The van der Waals surface area contributed by atoms with Crippen molar-refractivity contribution in [3.8, 4) is 5.75 Å². The summed E-state index contributed by atoms with van der Waals surface area (Å²) in [6.07, 6.45) is 0.634. The van der Waals surface area contributed by atoms with Crippen molar-refractivity contribution in [2.45, 2.75) is 12.5 Å². The SMILES string of the molecule is O=C(COc1ccccc1)N1CC[C@H](N2C(=O)CSC2=O)C1. The van der Waals surface area contributed by atoms with Crippen LogP contribution in [0, 0.1) is 0 Å². The van der Waals surface area contributed by atoms with Gasteiger partial charge in [0.15, 0.2) is 6.61 Å². The number of carbonyl (C=O) groups excluding carboxylic acids is 3. The average molecular weight is 320 g/mol. The van der Waals surface area contributed by atoms with Crippen LogP contribution in [0.4, 0.5) is 4.79 Å². The first-order valence-corrected chi connectivity index (χ1v) is 8.08. The van der Waals surface area contributed by atoms with E-state index in [-0.39, 0.29) is 35.5 Å². The molecule has 22 heavy (non-hydrogen) atoms. The van der Waals surface area contributed by atoms with Crippen LogP contribution in [-0.2, 0) is 9.59 Å². The summed E-state index contributed by atoms with van der Waals surface area (Å²) in [5.41, 5.74) is 0. The van der Waals surface area contributed by atoms with E-state index < -0.39 is 0 Å². The Kier molecular flexibility index (Phi) is 4.33. The van der Waals surface area contributed by atoms with Gasteiger partial charge in [-0.2, -0.15) is 0 Å². The molecule has 1 aromatic rings. The number of ether oxygens (including phenoxy) is 1. The number of carbonyl (C=O) groups is 3. The molecule has 0 aromatic heterocycles. The lowest BCUT2D eigenvalue weighted by atomic mass is 10.2. The molecule has 0 radical (unpaired) electrons. The molecule has 7 heteroatoms. The van der Waals surface area contributed by atoms with Crippen molar-refractivity contribution in [2.24, 2.45) is 0 Å². The first-order valence-electron chi connectivity index (χ1n) is 7.09.